The highest BCUT2D eigenvalue weighted by Gasteiger charge is 2.40. The Morgan fingerprint density at radius 2 is 2.00 bits per heavy atom. The van der Waals surface area contributed by atoms with E-state index in [0.717, 1.165) is 12.2 Å². The lowest BCUT2D eigenvalue weighted by Gasteiger charge is -2.23. The van der Waals surface area contributed by atoms with Crippen molar-refractivity contribution < 1.29 is 23.2 Å². The van der Waals surface area contributed by atoms with E-state index in [1.165, 1.54) is 11.8 Å². The van der Waals surface area contributed by atoms with E-state index in [9.17, 15) is 28.4 Å². The minimum Gasteiger partial charge on any atom is -0.385 e. The molecular weight excluding hydrogens is 490 g/mol. The van der Waals surface area contributed by atoms with Crippen LogP contribution in [-0.4, -0.2) is 84.3 Å². The number of likely N-dealkylation sites (N-methyl/N-ethyl adjacent to an activating group) is 1. The molecule has 36 heavy (non-hydrogen) atoms. The first-order valence-electron chi connectivity index (χ1n) is 11.9. The molecule has 3 unspecified atom stereocenters. The maximum atomic E-state index is 12.9. The van der Waals surface area contributed by atoms with Crippen LogP contribution in [0.4, 0.5) is 20.2 Å². The number of carbonyl (C=O) groups excluding carboxylic acids is 3. The summed E-state index contributed by atoms with van der Waals surface area (Å²) in [5, 5.41) is 16.9. The maximum absolute atomic E-state index is 12.9. The van der Waals surface area contributed by atoms with Crippen LogP contribution in [0.15, 0.2) is 24.3 Å². The second kappa shape index (κ2) is 14.6. The van der Waals surface area contributed by atoms with Gasteiger partial charge in [-0.1, -0.05) is 13.0 Å². The van der Waals surface area contributed by atoms with Gasteiger partial charge in [0.25, 0.3) is 6.43 Å². The number of nitriles is 1. The van der Waals surface area contributed by atoms with Gasteiger partial charge in [0.15, 0.2) is 0 Å². The van der Waals surface area contributed by atoms with E-state index in [0.29, 0.717) is 31.7 Å². The molecule has 198 valence electrons. The Morgan fingerprint density at radius 1 is 1.28 bits per heavy atom. The quantitative estimate of drug-likeness (QED) is 0.342. The second-order valence-electron chi connectivity index (χ2n) is 8.43. The number of nitrogens with zero attached hydrogens (tertiary/aromatic N) is 3. The van der Waals surface area contributed by atoms with Crippen LogP contribution in [0.2, 0.25) is 0 Å². The summed E-state index contributed by atoms with van der Waals surface area (Å²) in [5.74, 6) is -2.04. The number of alkyl halides is 2. The molecule has 3 N–H and O–H groups in total. The number of thioether (sulfide) groups is 1. The molecule has 0 radical (unpaired) electrons. The van der Waals surface area contributed by atoms with Crippen molar-refractivity contribution in [2.45, 2.75) is 43.7 Å². The summed E-state index contributed by atoms with van der Waals surface area (Å²) in [7, 11) is 1.87. The van der Waals surface area contributed by atoms with Crippen molar-refractivity contribution in [3.63, 3.8) is 0 Å². The molecular formula is C24H34F2N6O3S. The number of hydrogen-bond donors (Lipinski definition) is 3. The monoisotopic (exact) mass is 524 g/mol. The van der Waals surface area contributed by atoms with Gasteiger partial charge in [0.1, 0.15) is 5.92 Å². The maximum Gasteiger partial charge on any atom is 0.255 e. The molecule has 9 nitrogen and oxygen atoms in total. The summed E-state index contributed by atoms with van der Waals surface area (Å²) < 4.78 is 24.8. The molecule has 12 heteroatoms. The third kappa shape index (κ3) is 8.95. The summed E-state index contributed by atoms with van der Waals surface area (Å²) in [6, 6.07) is 9.19. The molecule has 0 aromatic heterocycles. The van der Waals surface area contributed by atoms with Gasteiger partial charge in [-0.05, 0) is 45.1 Å². The minimum atomic E-state index is -2.69. The summed E-state index contributed by atoms with van der Waals surface area (Å²) in [5.41, 5.74) is 1.47. The molecule has 1 aromatic rings. The van der Waals surface area contributed by atoms with E-state index in [1.54, 1.807) is 11.0 Å². The number of carbonyl (C=O) groups is 3. The van der Waals surface area contributed by atoms with Gasteiger partial charge in [-0.2, -0.15) is 5.26 Å². The normalized spacial score (nSPS) is 18.3. The Hall–Kier alpha value is -2.91. The number of hydrogen-bond acceptors (Lipinski definition) is 7. The molecule has 1 saturated heterocycles. The Labute approximate surface area is 214 Å². The van der Waals surface area contributed by atoms with Gasteiger partial charge in [-0.25, -0.2) is 8.78 Å². The summed E-state index contributed by atoms with van der Waals surface area (Å²) in [6.07, 6.45) is -2.10. The van der Waals surface area contributed by atoms with Crippen molar-refractivity contribution in [1.82, 2.24) is 15.1 Å². The Bertz CT molecular complexity index is 945. The zero-order valence-electron chi connectivity index (χ0n) is 20.8. The zero-order valence-corrected chi connectivity index (χ0v) is 21.6. The molecule has 1 aromatic carbocycles. The largest absolute Gasteiger partial charge is 0.385 e. The molecule has 1 heterocycles. The fourth-order valence-electron chi connectivity index (χ4n) is 3.71. The van der Waals surface area contributed by atoms with Gasteiger partial charge in [0.2, 0.25) is 17.7 Å². The highest BCUT2D eigenvalue weighted by atomic mass is 32.2. The van der Waals surface area contributed by atoms with Gasteiger partial charge in [-0.15, -0.1) is 11.8 Å². The molecule has 1 aliphatic heterocycles. The molecule has 2 rings (SSSR count). The van der Waals surface area contributed by atoms with E-state index in [-0.39, 0.29) is 28.9 Å². The van der Waals surface area contributed by atoms with Crippen LogP contribution in [-0.2, 0) is 14.4 Å². The van der Waals surface area contributed by atoms with Gasteiger partial charge >= 0.3 is 0 Å². The van der Waals surface area contributed by atoms with E-state index >= 15 is 0 Å². The van der Waals surface area contributed by atoms with Crippen LogP contribution >= 0.6 is 11.8 Å². The smallest absolute Gasteiger partial charge is 0.255 e. The average Bonchev–Trinajstić information content (AvgIpc) is 3.14. The highest BCUT2D eigenvalue weighted by Crippen LogP contribution is 2.37. The molecule has 0 aliphatic carbocycles. The molecule has 1 aliphatic rings. The fraction of sp³-hybridized carbons (Fsp3) is 0.583. The number of nitrogens with one attached hydrogen (secondary N) is 3. The van der Waals surface area contributed by atoms with Crippen molar-refractivity contribution in [1.29, 1.82) is 5.26 Å². The molecule has 3 atom stereocenters. The SMILES string of the molecule is CCN(C)CC(=O)Nc1cccc(NCCC2SC(CC(C#N)C(=O)NCC(F)F)N(CC)C2=O)c1. The first-order chi connectivity index (χ1) is 17.2. The topological polar surface area (TPSA) is 118 Å². The minimum absolute atomic E-state index is 0.0694. The number of benzene rings is 1. The van der Waals surface area contributed by atoms with Crippen molar-refractivity contribution in [3.05, 3.63) is 24.3 Å². The molecule has 0 spiro atoms. The Kier molecular flexibility index (Phi) is 11.9. The lowest BCUT2D eigenvalue weighted by atomic mass is 10.1. The molecule has 1 fully saturated rings. The van der Waals surface area contributed by atoms with Gasteiger partial charge in [-0.3, -0.25) is 19.3 Å². The summed E-state index contributed by atoms with van der Waals surface area (Å²) in [6.45, 7) is 4.98. The van der Waals surface area contributed by atoms with Crippen molar-refractivity contribution in [3.8, 4) is 6.07 Å². The van der Waals surface area contributed by atoms with Crippen LogP contribution in [0, 0.1) is 17.2 Å². The number of rotatable bonds is 14. The van der Waals surface area contributed by atoms with E-state index in [1.807, 2.05) is 50.1 Å². The average molecular weight is 525 g/mol. The van der Waals surface area contributed by atoms with Crippen LogP contribution in [0.1, 0.15) is 26.7 Å². The van der Waals surface area contributed by atoms with Crippen molar-refractivity contribution >= 4 is 40.9 Å². The van der Waals surface area contributed by atoms with E-state index < -0.39 is 24.8 Å². The number of halogens is 2. The third-order valence-electron chi connectivity index (χ3n) is 5.74. The van der Waals surface area contributed by atoms with Gasteiger partial charge in [0.05, 0.1) is 29.8 Å². The van der Waals surface area contributed by atoms with E-state index in [4.69, 9.17) is 0 Å². The van der Waals surface area contributed by atoms with Crippen LogP contribution in [0.3, 0.4) is 0 Å². The lowest BCUT2D eigenvalue weighted by Crippen LogP contribution is -2.39. The van der Waals surface area contributed by atoms with Gasteiger partial charge < -0.3 is 20.9 Å². The van der Waals surface area contributed by atoms with Crippen molar-refractivity contribution in [2.75, 3.05) is 50.4 Å². The number of anilines is 2. The Morgan fingerprint density at radius 3 is 2.64 bits per heavy atom. The highest BCUT2D eigenvalue weighted by molar-refractivity contribution is 8.01. The molecule has 3 amide bonds. The molecule has 0 bridgehead atoms. The lowest BCUT2D eigenvalue weighted by molar-refractivity contribution is -0.131. The van der Waals surface area contributed by atoms with Crippen LogP contribution < -0.4 is 16.0 Å². The van der Waals surface area contributed by atoms with Crippen LogP contribution in [0.5, 0.6) is 0 Å². The fourth-order valence-corrected chi connectivity index (χ4v) is 5.30. The summed E-state index contributed by atoms with van der Waals surface area (Å²) in [4.78, 5) is 40.6. The first-order valence-corrected chi connectivity index (χ1v) is 12.9. The molecule has 0 saturated carbocycles. The van der Waals surface area contributed by atoms with Crippen molar-refractivity contribution in [2.24, 2.45) is 5.92 Å². The zero-order chi connectivity index (χ0) is 26.7. The first kappa shape index (κ1) is 29.3. The second-order valence-corrected chi connectivity index (χ2v) is 9.82. The summed E-state index contributed by atoms with van der Waals surface area (Å²) >= 11 is 1.39. The van der Waals surface area contributed by atoms with Crippen LogP contribution in [0.25, 0.3) is 0 Å². The number of amides is 3. The standard InChI is InChI=1S/C24H34F2N6O3S/c1-4-31(3)15-21(33)30-18-8-6-7-17(12-18)28-10-9-19-24(35)32(5-2)22(36-19)11-16(13-27)23(34)29-14-20(25)26/h6-8,12,16,19-20,22,28H,4-5,9-11,14-15H2,1-3H3,(H,29,34)(H,30,33). The third-order valence-corrected chi connectivity index (χ3v) is 7.27. The van der Waals surface area contributed by atoms with Gasteiger partial charge in [0, 0.05) is 30.9 Å². The predicted octanol–water partition coefficient (Wildman–Crippen LogP) is 2.58. The predicted molar refractivity (Wildman–Crippen MR) is 137 cm³/mol. The van der Waals surface area contributed by atoms with E-state index in [2.05, 4.69) is 16.0 Å². The Balaban J connectivity index is 1.89.